The molecule has 0 N–H and O–H groups in total. The monoisotopic (exact) mass is 631 g/mol. The van der Waals surface area contributed by atoms with Gasteiger partial charge in [0.2, 0.25) is 12.7 Å². The van der Waals surface area contributed by atoms with Gasteiger partial charge in [0.05, 0.1) is 23.7 Å². The highest BCUT2D eigenvalue weighted by Crippen LogP contribution is 2.33. The second-order valence-electron chi connectivity index (χ2n) is 11.8. The minimum absolute atomic E-state index is 0.110. The number of anilines is 1. The number of Topliss-reactive ketones (excluding diaryl/α,β-unsaturated/α-hetero) is 1. The lowest BCUT2D eigenvalue weighted by Gasteiger charge is -2.37. The number of esters is 1. The SMILES string of the molecule is O=C(COC(=O)c1ccc(N2C(=O)CC(N3CCN(Cc4ccc5c(c4)OCO5)CC3)C2=O)cc1)c1ccc(-c2ccccc2)cc1. The zero-order valence-electron chi connectivity index (χ0n) is 25.7. The Labute approximate surface area is 272 Å². The van der Waals surface area contributed by atoms with Crippen molar-refractivity contribution in [2.24, 2.45) is 0 Å². The molecule has 4 aromatic carbocycles. The first-order valence-corrected chi connectivity index (χ1v) is 15.6. The highest BCUT2D eigenvalue weighted by Gasteiger charge is 2.43. The lowest BCUT2D eigenvalue weighted by atomic mass is 10.0. The first-order chi connectivity index (χ1) is 22.9. The van der Waals surface area contributed by atoms with Crippen molar-refractivity contribution in [3.05, 3.63) is 114 Å². The van der Waals surface area contributed by atoms with Gasteiger partial charge in [0.1, 0.15) is 0 Å². The van der Waals surface area contributed by atoms with Gasteiger partial charge >= 0.3 is 5.97 Å². The fraction of sp³-hybridized carbons (Fsp3) is 0.243. The molecule has 0 bridgehead atoms. The van der Waals surface area contributed by atoms with Crippen molar-refractivity contribution in [2.45, 2.75) is 19.0 Å². The van der Waals surface area contributed by atoms with E-state index in [-0.39, 0.29) is 36.4 Å². The zero-order chi connectivity index (χ0) is 32.3. The molecule has 0 spiro atoms. The van der Waals surface area contributed by atoms with Crippen LogP contribution in [0.5, 0.6) is 11.5 Å². The van der Waals surface area contributed by atoms with Crippen molar-refractivity contribution in [1.82, 2.24) is 9.80 Å². The summed E-state index contributed by atoms with van der Waals surface area (Å²) in [6.45, 7) is 3.48. The molecule has 0 aromatic heterocycles. The van der Waals surface area contributed by atoms with Gasteiger partial charge in [-0.3, -0.25) is 24.2 Å². The second kappa shape index (κ2) is 13.2. The maximum atomic E-state index is 13.4. The third-order valence-electron chi connectivity index (χ3n) is 8.82. The number of benzene rings is 4. The summed E-state index contributed by atoms with van der Waals surface area (Å²) in [6, 6.07) is 28.5. The molecule has 4 aromatic rings. The Morgan fingerprint density at radius 3 is 2.17 bits per heavy atom. The number of carbonyl (C=O) groups excluding carboxylic acids is 4. The number of carbonyl (C=O) groups is 4. The largest absolute Gasteiger partial charge is 0.454 e. The van der Waals surface area contributed by atoms with Gasteiger partial charge in [-0.15, -0.1) is 0 Å². The Kier molecular flexibility index (Phi) is 8.52. The molecule has 3 aliphatic rings. The van der Waals surface area contributed by atoms with Crippen LogP contribution in [0.15, 0.2) is 97.1 Å². The summed E-state index contributed by atoms with van der Waals surface area (Å²) < 4.78 is 16.2. The van der Waals surface area contributed by atoms with Crippen LogP contribution >= 0.6 is 0 Å². The Hall–Kier alpha value is -5.32. The summed E-state index contributed by atoms with van der Waals surface area (Å²) in [7, 11) is 0. The van der Waals surface area contributed by atoms with Gasteiger partial charge in [0, 0.05) is 38.3 Å². The van der Waals surface area contributed by atoms with Crippen molar-refractivity contribution in [3.8, 4) is 22.6 Å². The molecule has 2 saturated heterocycles. The minimum Gasteiger partial charge on any atom is -0.454 e. The molecule has 238 valence electrons. The third-order valence-corrected chi connectivity index (χ3v) is 8.82. The fourth-order valence-electron chi connectivity index (χ4n) is 6.23. The zero-order valence-corrected chi connectivity index (χ0v) is 25.7. The van der Waals surface area contributed by atoms with E-state index in [2.05, 4.69) is 9.80 Å². The molecule has 47 heavy (non-hydrogen) atoms. The van der Waals surface area contributed by atoms with Gasteiger partial charge in [0.15, 0.2) is 23.9 Å². The predicted octanol–water partition coefficient (Wildman–Crippen LogP) is 4.57. The quantitative estimate of drug-likeness (QED) is 0.149. The lowest BCUT2D eigenvalue weighted by Crippen LogP contribution is -2.52. The van der Waals surface area contributed by atoms with Gasteiger partial charge in [-0.2, -0.15) is 0 Å². The van der Waals surface area contributed by atoms with Crippen molar-refractivity contribution in [2.75, 3.05) is 44.5 Å². The van der Waals surface area contributed by atoms with Crippen LogP contribution < -0.4 is 14.4 Å². The molecule has 1 atom stereocenters. The number of ether oxygens (including phenoxy) is 3. The van der Waals surface area contributed by atoms with E-state index in [0.29, 0.717) is 24.3 Å². The number of imide groups is 1. The van der Waals surface area contributed by atoms with Crippen LogP contribution in [0.3, 0.4) is 0 Å². The maximum Gasteiger partial charge on any atom is 0.338 e. The molecule has 10 heteroatoms. The molecule has 2 fully saturated rings. The van der Waals surface area contributed by atoms with Crippen LogP contribution in [-0.2, 0) is 20.9 Å². The number of hydrogen-bond acceptors (Lipinski definition) is 9. The average Bonchev–Trinajstić information content (AvgIpc) is 3.70. The van der Waals surface area contributed by atoms with Crippen molar-refractivity contribution >= 4 is 29.3 Å². The van der Waals surface area contributed by atoms with Crippen LogP contribution in [0.2, 0.25) is 0 Å². The van der Waals surface area contributed by atoms with Crippen LogP contribution in [0, 0.1) is 0 Å². The number of rotatable bonds is 9. The average molecular weight is 632 g/mol. The maximum absolute atomic E-state index is 13.4. The van der Waals surface area contributed by atoms with Crippen LogP contribution in [-0.4, -0.2) is 79.0 Å². The second-order valence-corrected chi connectivity index (χ2v) is 11.8. The molecule has 3 aliphatic heterocycles. The van der Waals surface area contributed by atoms with Crippen molar-refractivity contribution in [3.63, 3.8) is 0 Å². The van der Waals surface area contributed by atoms with Gasteiger partial charge in [-0.05, 0) is 53.1 Å². The molecule has 0 radical (unpaired) electrons. The van der Waals surface area contributed by atoms with Crippen molar-refractivity contribution in [1.29, 1.82) is 0 Å². The first-order valence-electron chi connectivity index (χ1n) is 15.6. The van der Waals surface area contributed by atoms with E-state index < -0.39 is 18.6 Å². The van der Waals surface area contributed by atoms with E-state index >= 15 is 0 Å². The molecular weight excluding hydrogens is 598 g/mol. The highest BCUT2D eigenvalue weighted by atomic mass is 16.7. The number of amides is 2. The lowest BCUT2D eigenvalue weighted by molar-refractivity contribution is -0.123. The first kappa shape index (κ1) is 30.3. The molecule has 2 amide bonds. The predicted molar refractivity (Wildman–Crippen MR) is 173 cm³/mol. The number of hydrogen-bond donors (Lipinski definition) is 0. The Morgan fingerprint density at radius 2 is 1.43 bits per heavy atom. The van der Waals surface area contributed by atoms with Gasteiger partial charge in [0.25, 0.3) is 5.91 Å². The van der Waals surface area contributed by atoms with E-state index in [0.717, 1.165) is 47.8 Å². The smallest absolute Gasteiger partial charge is 0.338 e. The highest BCUT2D eigenvalue weighted by molar-refractivity contribution is 6.22. The van der Waals surface area contributed by atoms with Gasteiger partial charge < -0.3 is 14.2 Å². The summed E-state index contributed by atoms with van der Waals surface area (Å²) in [4.78, 5) is 57.3. The van der Waals surface area contributed by atoms with E-state index in [1.54, 1.807) is 24.3 Å². The van der Waals surface area contributed by atoms with Gasteiger partial charge in [-0.25, -0.2) is 9.69 Å². The number of piperazine rings is 1. The molecule has 3 heterocycles. The normalized spacial score (nSPS) is 18.0. The van der Waals surface area contributed by atoms with Crippen LogP contribution in [0.4, 0.5) is 5.69 Å². The Morgan fingerprint density at radius 1 is 0.745 bits per heavy atom. The number of fused-ring (bicyclic) bond motifs is 1. The summed E-state index contributed by atoms with van der Waals surface area (Å²) in [6.07, 6.45) is 0.110. The Bertz CT molecular complexity index is 1800. The molecule has 1 unspecified atom stereocenters. The fourth-order valence-corrected chi connectivity index (χ4v) is 6.23. The summed E-state index contributed by atoms with van der Waals surface area (Å²) in [5, 5.41) is 0. The molecular formula is C37H33N3O7. The standard InChI is InChI=1S/C37H33N3O7/c41-32(28-9-7-27(8-10-28)26-4-2-1-3-5-26)23-45-37(44)29-11-13-30(14-12-29)40-35(42)21-31(36(40)43)39-18-16-38(17-19-39)22-25-6-15-33-34(20-25)47-24-46-33/h1-15,20,31H,16-19,21-24H2. The van der Waals surface area contributed by atoms with E-state index in [4.69, 9.17) is 14.2 Å². The van der Waals surface area contributed by atoms with Gasteiger partial charge in [-0.1, -0.05) is 60.7 Å². The molecule has 0 saturated carbocycles. The van der Waals surface area contributed by atoms with Crippen molar-refractivity contribution < 1.29 is 33.4 Å². The third kappa shape index (κ3) is 6.51. The number of ketones is 1. The topological polar surface area (TPSA) is 106 Å². The molecule has 0 aliphatic carbocycles. The van der Waals surface area contributed by atoms with E-state index in [1.807, 2.05) is 60.7 Å². The van der Waals surface area contributed by atoms with Crippen LogP contribution in [0.25, 0.3) is 11.1 Å². The summed E-state index contributed by atoms with van der Waals surface area (Å²) >= 11 is 0. The minimum atomic E-state index is -0.665. The summed E-state index contributed by atoms with van der Waals surface area (Å²) in [5.74, 6) is -0.00246. The molecule has 7 rings (SSSR count). The Balaban J connectivity index is 0.903. The van der Waals surface area contributed by atoms with Crippen LogP contribution in [0.1, 0.15) is 32.7 Å². The van der Waals surface area contributed by atoms with E-state index in [1.165, 1.54) is 17.0 Å². The summed E-state index contributed by atoms with van der Waals surface area (Å²) in [5.41, 5.74) is 4.22. The number of nitrogens with zero attached hydrogens (tertiary/aromatic N) is 3. The van der Waals surface area contributed by atoms with E-state index in [9.17, 15) is 19.2 Å². The molecule has 10 nitrogen and oxygen atoms in total.